The number of hydrogen-bond donors (Lipinski definition) is 1. The monoisotopic (exact) mass is 332 g/mol. The number of ether oxygens (including phenoxy) is 1. The van der Waals surface area contributed by atoms with Crippen LogP contribution < -0.4 is 5.32 Å². The van der Waals surface area contributed by atoms with Gasteiger partial charge in [0.1, 0.15) is 11.3 Å². The van der Waals surface area contributed by atoms with Crippen LogP contribution in [0.4, 0.5) is 0 Å². The fourth-order valence-corrected chi connectivity index (χ4v) is 3.25. The molecule has 0 spiro atoms. The minimum absolute atomic E-state index is 0.0372. The van der Waals surface area contributed by atoms with E-state index < -0.39 is 5.54 Å². The number of nitrogens with zero attached hydrogens (tertiary/aromatic N) is 3. The highest BCUT2D eigenvalue weighted by Gasteiger charge is 2.42. The van der Waals surface area contributed by atoms with E-state index in [2.05, 4.69) is 15.2 Å². The van der Waals surface area contributed by atoms with Crippen LogP contribution in [0.3, 0.4) is 0 Å². The summed E-state index contributed by atoms with van der Waals surface area (Å²) < 4.78 is 12.4. The second-order valence-corrected chi connectivity index (χ2v) is 6.11. The van der Waals surface area contributed by atoms with Crippen molar-refractivity contribution in [2.75, 3.05) is 33.4 Å². The van der Waals surface area contributed by atoms with Crippen molar-refractivity contribution >= 4 is 5.91 Å². The zero-order valence-corrected chi connectivity index (χ0v) is 14.0. The van der Waals surface area contributed by atoms with Gasteiger partial charge in [-0.05, 0) is 25.0 Å². The van der Waals surface area contributed by atoms with Gasteiger partial charge in [-0.2, -0.15) is 0 Å². The highest BCUT2D eigenvalue weighted by Crippen LogP contribution is 2.31. The van der Waals surface area contributed by atoms with E-state index in [1.165, 1.54) is 0 Å². The predicted octanol–water partition coefficient (Wildman–Crippen LogP) is 1.23. The number of methoxy groups -OCH3 is 1. The van der Waals surface area contributed by atoms with Crippen molar-refractivity contribution in [1.82, 2.24) is 19.8 Å². The third-order valence-electron chi connectivity index (χ3n) is 4.66. The maximum absolute atomic E-state index is 12.9. The third kappa shape index (κ3) is 3.52. The fourth-order valence-electron chi connectivity index (χ4n) is 3.25. The quantitative estimate of drug-likeness (QED) is 0.772. The lowest BCUT2D eigenvalue weighted by Gasteiger charge is -2.41. The largest absolute Gasteiger partial charge is 0.468 e. The maximum atomic E-state index is 12.9. The lowest BCUT2D eigenvalue weighted by molar-refractivity contribution is -0.132. The first kappa shape index (κ1) is 16.7. The third-order valence-corrected chi connectivity index (χ3v) is 4.66. The Bertz CT molecular complexity index is 616. The molecule has 7 nitrogen and oxygen atoms in total. The summed E-state index contributed by atoms with van der Waals surface area (Å²) in [6.07, 6.45) is 8.50. The molecule has 2 aromatic heterocycles. The van der Waals surface area contributed by atoms with E-state index >= 15 is 0 Å². The smallest absolute Gasteiger partial charge is 0.246 e. The van der Waals surface area contributed by atoms with Crippen LogP contribution in [0.1, 0.15) is 18.6 Å². The zero-order valence-electron chi connectivity index (χ0n) is 14.0. The number of rotatable bonds is 7. The van der Waals surface area contributed by atoms with Crippen molar-refractivity contribution in [1.29, 1.82) is 0 Å². The second-order valence-electron chi connectivity index (χ2n) is 6.11. The summed E-state index contributed by atoms with van der Waals surface area (Å²) in [5, 5.41) is 2.99. The molecule has 1 aliphatic rings. The molecule has 0 bridgehead atoms. The number of imidazole rings is 1. The van der Waals surface area contributed by atoms with Crippen molar-refractivity contribution in [2.45, 2.75) is 24.9 Å². The summed E-state index contributed by atoms with van der Waals surface area (Å²) in [6, 6.07) is 3.88. The van der Waals surface area contributed by atoms with Crippen molar-refractivity contribution in [3.8, 4) is 0 Å². The molecule has 1 saturated heterocycles. The fraction of sp³-hybridized carbons (Fsp3) is 0.529. The van der Waals surface area contributed by atoms with E-state index in [0.29, 0.717) is 13.2 Å². The van der Waals surface area contributed by atoms with E-state index in [-0.39, 0.29) is 5.91 Å². The van der Waals surface area contributed by atoms with Crippen LogP contribution in [-0.2, 0) is 21.6 Å². The van der Waals surface area contributed by atoms with Gasteiger partial charge in [-0.15, -0.1) is 0 Å². The Morgan fingerprint density at radius 2 is 2.29 bits per heavy atom. The van der Waals surface area contributed by atoms with Gasteiger partial charge >= 0.3 is 0 Å². The van der Waals surface area contributed by atoms with E-state index in [0.717, 1.165) is 38.2 Å². The molecule has 24 heavy (non-hydrogen) atoms. The standard InChI is InChI=1S/C17H24N4O3/c1-23-12-7-19-16(22)17(21-10-6-18-14-21)4-8-20(9-5-17)13-15-3-2-11-24-15/h2-3,6,10-11,14H,4-5,7-9,12-13H2,1H3,(H,19,22). The molecule has 3 heterocycles. The minimum Gasteiger partial charge on any atom is -0.468 e. The van der Waals surface area contributed by atoms with Crippen LogP contribution >= 0.6 is 0 Å². The minimum atomic E-state index is -0.579. The Kier molecular flexibility index (Phi) is 5.32. The van der Waals surface area contributed by atoms with Crippen LogP contribution in [0.2, 0.25) is 0 Å². The first-order chi connectivity index (χ1) is 11.7. The van der Waals surface area contributed by atoms with Gasteiger partial charge in [0.15, 0.2) is 0 Å². The van der Waals surface area contributed by atoms with Gasteiger partial charge in [-0.25, -0.2) is 4.98 Å². The highest BCUT2D eigenvalue weighted by atomic mass is 16.5. The highest BCUT2D eigenvalue weighted by molar-refractivity contribution is 5.84. The predicted molar refractivity (Wildman–Crippen MR) is 88.3 cm³/mol. The topological polar surface area (TPSA) is 72.5 Å². The average Bonchev–Trinajstić information content (AvgIpc) is 3.30. The molecular weight excluding hydrogens is 308 g/mol. The summed E-state index contributed by atoms with van der Waals surface area (Å²) >= 11 is 0. The van der Waals surface area contributed by atoms with Crippen molar-refractivity contribution in [3.63, 3.8) is 0 Å². The number of amides is 1. The molecule has 1 fully saturated rings. The number of aromatic nitrogens is 2. The summed E-state index contributed by atoms with van der Waals surface area (Å²) in [5.41, 5.74) is -0.579. The van der Waals surface area contributed by atoms with E-state index in [4.69, 9.17) is 9.15 Å². The molecule has 0 saturated carbocycles. The Morgan fingerprint density at radius 3 is 2.92 bits per heavy atom. The van der Waals surface area contributed by atoms with Crippen LogP contribution in [0.25, 0.3) is 0 Å². The first-order valence-corrected chi connectivity index (χ1v) is 8.25. The van der Waals surface area contributed by atoms with Crippen molar-refractivity contribution < 1.29 is 13.9 Å². The second kappa shape index (κ2) is 7.63. The van der Waals surface area contributed by atoms with Gasteiger partial charge in [0.2, 0.25) is 5.91 Å². The van der Waals surface area contributed by atoms with Gasteiger partial charge in [-0.1, -0.05) is 0 Å². The van der Waals surface area contributed by atoms with Gasteiger partial charge in [0.05, 0.1) is 25.7 Å². The number of furan rings is 1. The van der Waals surface area contributed by atoms with Gasteiger partial charge in [-0.3, -0.25) is 9.69 Å². The van der Waals surface area contributed by atoms with Crippen LogP contribution in [0, 0.1) is 0 Å². The summed E-state index contributed by atoms with van der Waals surface area (Å²) in [4.78, 5) is 19.3. The summed E-state index contributed by atoms with van der Waals surface area (Å²) in [6.45, 7) is 3.46. The molecule has 0 radical (unpaired) electrons. The molecule has 0 aromatic carbocycles. The molecule has 1 N–H and O–H groups in total. The van der Waals surface area contributed by atoms with Crippen LogP contribution in [0.15, 0.2) is 41.5 Å². The number of hydrogen-bond acceptors (Lipinski definition) is 5. The molecular formula is C17H24N4O3. The number of likely N-dealkylation sites (tertiary alicyclic amines) is 1. The molecule has 7 heteroatoms. The SMILES string of the molecule is COCCNC(=O)C1(n2ccnc2)CCN(Cc2ccco2)CC1. The zero-order chi connectivity index (χ0) is 16.8. The molecule has 1 amide bonds. The molecule has 0 aliphatic carbocycles. The summed E-state index contributed by atoms with van der Waals surface area (Å²) in [7, 11) is 1.63. The summed E-state index contributed by atoms with van der Waals surface area (Å²) in [5.74, 6) is 0.991. The number of carbonyl (C=O) groups excluding carboxylic acids is 1. The Morgan fingerprint density at radius 1 is 1.46 bits per heavy atom. The lowest BCUT2D eigenvalue weighted by atomic mass is 9.86. The van der Waals surface area contributed by atoms with Gasteiger partial charge in [0.25, 0.3) is 0 Å². The number of piperidine rings is 1. The molecule has 0 atom stereocenters. The van der Waals surface area contributed by atoms with Crippen molar-refractivity contribution in [2.24, 2.45) is 0 Å². The maximum Gasteiger partial charge on any atom is 0.246 e. The van der Waals surface area contributed by atoms with Crippen molar-refractivity contribution in [3.05, 3.63) is 42.9 Å². The van der Waals surface area contributed by atoms with Gasteiger partial charge < -0.3 is 19.0 Å². The average molecular weight is 332 g/mol. The molecule has 1 aliphatic heterocycles. The Labute approximate surface area is 141 Å². The molecule has 0 unspecified atom stereocenters. The molecule has 130 valence electrons. The Hall–Kier alpha value is -2.12. The van der Waals surface area contributed by atoms with E-state index in [1.807, 2.05) is 22.9 Å². The van der Waals surface area contributed by atoms with Gasteiger partial charge in [0, 0.05) is 39.1 Å². The van der Waals surface area contributed by atoms with Crippen LogP contribution in [0.5, 0.6) is 0 Å². The number of nitrogens with one attached hydrogen (secondary N) is 1. The lowest BCUT2D eigenvalue weighted by Crippen LogP contribution is -2.55. The normalized spacial score (nSPS) is 17.7. The molecule has 2 aromatic rings. The molecule has 3 rings (SSSR count). The van der Waals surface area contributed by atoms with E-state index in [9.17, 15) is 4.79 Å². The first-order valence-electron chi connectivity index (χ1n) is 8.25. The van der Waals surface area contributed by atoms with Crippen LogP contribution in [-0.4, -0.2) is 53.7 Å². The van der Waals surface area contributed by atoms with E-state index in [1.54, 1.807) is 25.9 Å². The Balaban J connectivity index is 1.68. The number of carbonyl (C=O) groups is 1.